The molecule has 0 atom stereocenters. The van der Waals surface area contributed by atoms with E-state index in [1.807, 2.05) is 125 Å². The standard InChI is InChI=1S/9C9H12O2S.9C2H6/c9*1-8(2)12(10,11)9-6-4-3-5-7-9;9*1-2/h9*3-8H,1-2H3;9*1-2H3. The van der Waals surface area contributed by atoms with Crippen molar-refractivity contribution in [3.8, 4) is 0 Å². The molecule has 0 radical (unpaired) electrons. The highest BCUT2D eigenvalue weighted by Gasteiger charge is 2.24. The van der Waals surface area contributed by atoms with E-state index in [1.54, 1.807) is 398 Å². The largest absolute Gasteiger partial charge is 0.223 e. The van der Waals surface area contributed by atoms with Crippen LogP contribution in [-0.4, -0.2) is 123 Å². The normalized spacial score (nSPS) is 10.6. The molecule has 0 amide bonds. The lowest BCUT2D eigenvalue weighted by Crippen LogP contribution is -2.13. The molecule has 0 aromatic heterocycles. The molecule has 0 aliphatic rings. The third-order valence-electron chi connectivity index (χ3n) is 15.2. The van der Waals surface area contributed by atoms with Gasteiger partial charge in [-0.3, -0.25) is 0 Å². The Bertz CT molecular complexity index is 4100. The molecule has 0 aliphatic carbocycles. The van der Waals surface area contributed by atoms with Crippen LogP contribution in [0.25, 0.3) is 0 Å². The highest BCUT2D eigenvalue weighted by molar-refractivity contribution is 7.94. The lowest BCUT2D eigenvalue weighted by atomic mass is 10.4. The highest BCUT2D eigenvalue weighted by atomic mass is 32.2. The van der Waals surface area contributed by atoms with Crippen molar-refractivity contribution in [2.45, 2.75) is 341 Å². The minimum atomic E-state index is -3.08. The Balaban J connectivity index is -0.000000170. The van der Waals surface area contributed by atoms with Crippen molar-refractivity contribution in [3.05, 3.63) is 273 Å². The number of sulfone groups is 9. The van der Waals surface area contributed by atoms with Crippen LogP contribution in [0.1, 0.15) is 249 Å². The van der Waals surface area contributed by atoms with Gasteiger partial charge in [0.2, 0.25) is 0 Å². The molecule has 0 bridgehead atoms. The van der Waals surface area contributed by atoms with E-state index in [-0.39, 0.29) is 47.2 Å². The quantitative estimate of drug-likeness (QED) is 0.0770. The second-order valence-corrected chi connectivity index (χ2v) is 48.7. The van der Waals surface area contributed by atoms with E-state index < -0.39 is 88.5 Å². The number of hydrogen-bond donors (Lipinski definition) is 0. The van der Waals surface area contributed by atoms with Crippen molar-refractivity contribution in [1.29, 1.82) is 0 Å². The smallest absolute Gasteiger partial charge is 0.180 e. The van der Waals surface area contributed by atoms with E-state index in [0.29, 0.717) is 44.1 Å². The highest BCUT2D eigenvalue weighted by Crippen LogP contribution is 2.22. The van der Waals surface area contributed by atoms with Gasteiger partial charge in [-0.15, -0.1) is 0 Å². The van der Waals surface area contributed by atoms with Gasteiger partial charge in [0.15, 0.2) is 88.5 Å². The average molecular weight is 1930 g/mol. The van der Waals surface area contributed by atoms with Gasteiger partial charge in [0.05, 0.1) is 91.3 Å². The van der Waals surface area contributed by atoms with E-state index >= 15 is 0 Å². The lowest BCUT2D eigenvalue weighted by Gasteiger charge is -2.06. The van der Waals surface area contributed by atoms with Crippen molar-refractivity contribution < 1.29 is 75.8 Å². The summed E-state index contributed by atoms with van der Waals surface area (Å²) in [4.78, 5) is 3.63. The van der Waals surface area contributed by atoms with Gasteiger partial charge >= 0.3 is 0 Å². The molecule has 0 saturated carbocycles. The lowest BCUT2D eigenvalue weighted by molar-refractivity contribution is 0.586. The Morgan fingerprint density at radius 2 is 0.159 bits per heavy atom. The average Bonchev–Trinajstić information content (AvgIpc) is 0.908. The number of rotatable bonds is 18. The molecular formula is C99H162O18S9. The van der Waals surface area contributed by atoms with Crippen LogP contribution >= 0.6 is 0 Å². The SMILES string of the molecule is CC.CC.CC.CC.CC.CC.CC.CC.CC.CC(C)S(=O)(=O)c1ccccc1.CC(C)S(=O)(=O)c1ccccc1.CC(C)S(=O)(=O)c1ccccc1.CC(C)S(=O)(=O)c1ccccc1.CC(C)S(=O)(=O)c1ccccc1.CC(C)S(=O)(=O)c1ccccc1.CC(C)S(=O)(=O)c1ccccc1.CC(C)S(=O)(=O)c1ccccc1.CC(C)S(=O)(=O)c1ccccc1. The summed E-state index contributed by atoms with van der Waals surface area (Å²) in [6, 6.07) is 76.6. The fraction of sp³-hybridized carbons (Fsp3) is 0.455. The summed E-state index contributed by atoms with van der Waals surface area (Å²) in [7, 11) is -27.7. The fourth-order valence-corrected chi connectivity index (χ4v) is 17.7. The van der Waals surface area contributed by atoms with Crippen molar-refractivity contribution in [2.24, 2.45) is 0 Å². The van der Waals surface area contributed by atoms with E-state index in [1.165, 1.54) is 0 Å². The zero-order valence-electron chi connectivity index (χ0n) is 82.7. The fourth-order valence-electron chi connectivity index (χ4n) is 7.94. The molecule has 0 N–H and O–H groups in total. The van der Waals surface area contributed by atoms with Crippen molar-refractivity contribution in [3.63, 3.8) is 0 Å². The third kappa shape index (κ3) is 52.3. The maximum Gasteiger partial charge on any atom is 0.180 e. The predicted molar refractivity (Wildman–Crippen MR) is 541 cm³/mol. The minimum Gasteiger partial charge on any atom is -0.223 e. The second kappa shape index (κ2) is 75.4. The zero-order chi connectivity index (χ0) is 101. The predicted octanol–water partition coefficient (Wildman–Crippen LogP) is 26.1. The first-order valence-electron chi connectivity index (χ1n) is 43.5. The Morgan fingerprint density at radius 1 is 0.111 bits per heavy atom. The first-order chi connectivity index (χ1) is 58.9. The zero-order valence-corrected chi connectivity index (χ0v) is 90.0. The molecule has 0 heterocycles. The molecule has 0 aliphatic heterocycles. The minimum absolute atomic E-state index is 0.347. The van der Waals surface area contributed by atoms with Crippen molar-refractivity contribution >= 4 is 88.5 Å². The summed E-state index contributed by atoms with van der Waals surface area (Å²) < 4.78 is 208. The van der Waals surface area contributed by atoms with Gasteiger partial charge in [0, 0.05) is 0 Å². The summed E-state index contributed by atoms with van der Waals surface area (Å²) in [6.07, 6.45) is 0. The van der Waals surface area contributed by atoms with E-state index in [2.05, 4.69) is 0 Å². The van der Waals surface area contributed by atoms with Crippen LogP contribution in [0, 0.1) is 0 Å². The van der Waals surface area contributed by atoms with Gasteiger partial charge in [0.25, 0.3) is 0 Å². The van der Waals surface area contributed by atoms with E-state index in [9.17, 15) is 75.8 Å². The third-order valence-corrected chi connectivity index (χ3v) is 34.8. The molecule has 27 heteroatoms. The second-order valence-electron chi connectivity index (χ2n) is 26.2. The summed E-state index contributed by atoms with van der Waals surface area (Å²) in [5.74, 6) is 0. The van der Waals surface area contributed by atoms with Crippen LogP contribution in [0.3, 0.4) is 0 Å². The molecule has 9 aromatic carbocycles. The van der Waals surface area contributed by atoms with Gasteiger partial charge < -0.3 is 0 Å². The maximum absolute atomic E-state index is 11.5. The molecule has 9 aromatic rings. The number of benzene rings is 9. The summed E-state index contributed by atoms with van der Waals surface area (Å²) >= 11 is 0. The summed E-state index contributed by atoms with van der Waals surface area (Å²) in [6.45, 7) is 66.3. The monoisotopic (exact) mass is 1930 g/mol. The number of hydrogen-bond acceptors (Lipinski definition) is 18. The first-order valence-corrected chi connectivity index (χ1v) is 57.5. The molecule has 18 nitrogen and oxygen atoms in total. The molecule has 0 fully saturated rings. The van der Waals surface area contributed by atoms with E-state index in [4.69, 9.17) is 0 Å². The van der Waals surface area contributed by atoms with Crippen LogP contribution in [0.4, 0.5) is 0 Å². The van der Waals surface area contributed by atoms with Gasteiger partial charge in [-0.2, -0.15) is 0 Å². The maximum atomic E-state index is 11.5. The molecule has 0 unspecified atom stereocenters. The van der Waals surface area contributed by atoms with Crippen LogP contribution in [0.15, 0.2) is 317 Å². The molecular weight excluding hydrogens is 1770 g/mol. The summed E-state index contributed by atoms with van der Waals surface area (Å²) in [5, 5.41) is -3.13. The Labute approximate surface area is 771 Å². The van der Waals surface area contributed by atoms with Gasteiger partial charge in [0.1, 0.15) is 0 Å². The summed E-state index contributed by atoms with van der Waals surface area (Å²) in [5.41, 5.74) is 0. The molecule has 0 spiro atoms. The molecule has 0 saturated heterocycles. The van der Waals surface area contributed by atoms with Crippen LogP contribution in [0.2, 0.25) is 0 Å². The van der Waals surface area contributed by atoms with Gasteiger partial charge in [-0.25, -0.2) is 75.8 Å². The van der Waals surface area contributed by atoms with Crippen LogP contribution < -0.4 is 0 Å². The molecule has 9 rings (SSSR count). The Hall–Kier alpha value is -7.47. The van der Waals surface area contributed by atoms with Crippen LogP contribution in [0.5, 0.6) is 0 Å². The topological polar surface area (TPSA) is 307 Å². The van der Waals surface area contributed by atoms with Crippen molar-refractivity contribution in [1.82, 2.24) is 0 Å². The van der Waals surface area contributed by atoms with Crippen LogP contribution in [-0.2, 0) is 88.5 Å². The van der Waals surface area contributed by atoms with Crippen molar-refractivity contribution in [2.75, 3.05) is 0 Å². The molecule has 720 valence electrons. The van der Waals surface area contributed by atoms with E-state index in [0.717, 1.165) is 0 Å². The van der Waals surface area contributed by atoms with Gasteiger partial charge in [-0.1, -0.05) is 288 Å². The Kier molecular flexibility index (Phi) is 81.6. The molecule has 126 heavy (non-hydrogen) atoms. The first kappa shape index (κ1) is 136. The van der Waals surface area contributed by atoms with Gasteiger partial charge in [-0.05, 0) is 234 Å². The Morgan fingerprint density at radius 3 is 0.198 bits per heavy atom.